The molecule has 3 nitrogen and oxygen atoms in total. The van der Waals surface area contributed by atoms with Crippen LogP contribution < -0.4 is 0 Å². The Balaban J connectivity index is 0.00000187. The molecule has 0 aliphatic carbocycles. The van der Waals surface area contributed by atoms with Crippen LogP contribution in [-0.4, -0.2) is 14.5 Å². The van der Waals surface area contributed by atoms with Gasteiger partial charge in [-0.15, -0.1) is 11.3 Å². The highest BCUT2D eigenvalue weighted by Crippen LogP contribution is 2.34. The predicted molar refractivity (Wildman–Crippen MR) is 148 cm³/mol. The van der Waals surface area contributed by atoms with E-state index in [0.29, 0.717) is 0 Å². The van der Waals surface area contributed by atoms with Crippen LogP contribution in [0.2, 0.25) is 0 Å². The lowest BCUT2D eigenvalue weighted by Crippen LogP contribution is -2.03. The Morgan fingerprint density at radius 2 is 1.91 bits per heavy atom. The summed E-state index contributed by atoms with van der Waals surface area (Å²) in [5.74, 6) is 1.08. The second-order valence-electron chi connectivity index (χ2n) is 8.09. The van der Waals surface area contributed by atoms with Crippen LogP contribution in [0.25, 0.3) is 27.0 Å². The van der Waals surface area contributed by atoms with Gasteiger partial charge < -0.3 is 4.57 Å². The molecule has 0 amide bonds. The van der Waals surface area contributed by atoms with Crippen LogP contribution in [-0.2, 0) is 6.54 Å². The van der Waals surface area contributed by atoms with E-state index >= 15 is 0 Å². The van der Waals surface area contributed by atoms with Gasteiger partial charge in [-0.05, 0) is 50.8 Å². The highest BCUT2D eigenvalue weighted by atomic mass is 32.1. The lowest BCUT2D eigenvalue weighted by molar-refractivity contribution is 0.621. The molecule has 0 saturated heterocycles. The van der Waals surface area contributed by atoms with E-state index in [4.69, 9.17) is 4.98 Å². The number of imidazole rings is 1. The summed E-state index contributed by atoms with van der Waals surface area (Å²) < 4.78 is 3.62. The van der Waals surface area contributed by atoms with Crippen LogP contribution in [0.4, 0.5) is 0 Å². The second kappa shape index (κ2) is 13.9. The zero-order chi connectivity index (χ0) is 24.2. The molecule has 178 valence electrons. The number of fused-ring (bicyclic) bond motifs is 1. The minimum absolute atomic E-state index is 0.978. The minimum Gasteiger partial charge on any atom is -0.328 e. The van der Waals surface area contributed by atoms with Crippen molar-refractivity contribution in [2.45, 2.75) is 87.1 Å². The van der Waals surface area contributed by atoms with Gasteiger partial charge in [0.05, 0.1) is 27.1 Å². The number of aryl methyl sites for hydroxylation is 1. The largest absolute Gasteiger partial charge is 0.328 e. The van der Waals surface area contributed by atoms with Gasteiger partial charge >= 0.3 is 0 Å². The normalized spacial score (nSPS) is 12.5. The number of unbranched alkanes of at least 4 members (excludes halogenated alkanes) is 1. The van der Waals surface area contributed by atoms with Gasteiger partial charge in [0.2, 0.25) is 0 Å². The van der Waals surface area contributed by atoms with Gasteiger partial charge in [-0.25, -0.2) is 9.97 Å². The molecule has 0 unspecified atom stereocenters. The van der Waals surface area contributed by atoms with E-state index in [0.717, 1.165) is 42.8 Å². The zero-order valence-corrected chi connectivity index (χ0v) is 22.4. The third-order valence-corrected chi connectivity index (χ3v) is 6.29. The molecule has 0 aliphatic rings. The van der Waals surface area contributed by atoms with E-state index in [9.17, 15) is 0 Å². The summed E-state index contributed by atoms with van der Waals surface area (Å²) in [4.78, 5) is 9.53. The molecular weight excluding hydrogens is 422 g/mol. The third kappa shape index (κ3) is 7.01. The van der Waals surface area contributed by atoms with Gasteiger partial charge in [0, 0.05) is 12.1 Å². The van der Waals surface area contributed by atoms with Crippen LogP contribution in [0.3, 0.4) is 0 Å². The van der Waals surface area contributed by atoms with E-state index in [2.05, 4.69) is 86.7 Å². The molecule has 0 saturated carbocycles. The number of benzene rings is 1. The van der Waals surface area contributed by atoms with Crippen molar-refractivity contribution in [3.05, 3.63) is 65.1 Å². The number of nitrogens with zero attached hydrogens (tertiary/aromatic N) is 3. The fourth-order valence-corrected chi connectivity index (χ4v) is 4.62. The molecule has 4 heteroatoms. The third-order valence-electron chi connectivity index (χ3n) is 5.50. The maximum atomic E-state index is 5.07. The Hall–Kier alpha value is -2.46. The second-order valence-corrected chi connectivity index (χ2v) is 8.97. The molecular formula is C29H41N3S. The average Bonchev–Trinajstić information content (AvgIpc) is 3.42. The zero-order valence-electron chi connectivity index (χ0n) is 21.6. The van der Waals surface area contributed by atoms with Gasteiger partial charge in [0.25, 0.3) is 0 Å². The van der Waals surface area contributed by atoms with Gasteiger partial charge in [0.1, 0.15) is 5.82 Å². The van der Waals surface area contributed by atoms with Crippen LogP contribution in [0.15, 0.2) is 53.6 Å². The standard InChI is InChI=1S/C27H35N3S.C2H6/c1-6-9-17-30-21(5)29-26(22(12-8-3)14-10-13-20(4)11-7-2)27(30)23-15-16-24-25(18-23)31-19-28-24;1-2/h10,12-16,18-19H,6-9,11,17H2,1-5H3;1-2H3/b14-10-,20-13+,22-12+;. The molecule has 0 aliphatic heterocycles. The maximum Gasteiger partial charge on any atom is 0.106 e. The number of thiazole rings is 1. The molecule has 3 aromatic rings. The van der Waals surface area contributed by atoms with E-state index in [-0.39, 0.29) is 0 Å². The summed E-state index contributed by atoms with van der Waals surface area (Å²) in [7, 11) is 0. The topological polar surface area (TPSA) is 30.7 Å². The Morgan fingerprint density at radius 1 is 1.12 bits per heavy atom. The molecule has 0 fully saturated rings. The number of aromatic nitrogens is 3. The molecule has 0 spiro atoms. The fourth-order valence-electron chi connectivity index (χ4n) is 3.91. The maximum absolute atomic E-state index is 5.07. The van der Waals surface area contributed by atoms with E-state index in [1.807, 2.05) is 19.4 Å². The summed E-state index contributed by atoms with van der Waals surface area (Å²) in [6.07, 6.45) is 14.5. The van der Waals surface area contributed by atoms with Gasteiger partial charge in [-0.2, -0.15) is 0 Å². The summed E-state index contributed by atoms with van der Waals surface area (Å²) in [6, 6.07) is 6.60. The van der Waals surface area contributed by atoms with Crippen molar-refractivity contribution in [3.63, 3.8) is 0 Å². The lowest BCUT2D eigenvalue weighted by Gasteiger charge is -2.12. The van der Waals surface area contributed by atoms with Crippen molar-refractivity contribution in [1.82, 2.24) is 14.5 Å². The van der Waals surface area contributed by atoms with Gasteiger partial charge in [-0.1, -0.05) is 83.4 Å². The Kier molecular flexibility index (Phi) is 11.3. The molecule has 0 atom stereocenters. The predicted octanol–water partition coefficient (Wildman–Crippen LogP) is 9.39. The van der Waals surface area contributed by atoms with Crippen molar-refractivity contribution in [2.24, 2.45) is 0 Å². The van der Waals surface area contributed by atoms with Crippen LogP contribution >= 0.6 is 11.3 Å². The van der Waals surface area contributed by atoms with Gasteiger partial charge in [0.15, 0.2) is 0 Å². The smallest absolute Gasteiger partial charge is 0.106 e. The molecule has 3 rings (SSSR count). The quantitative estimate of drug-likeness (QED) is 0.280. The Bertz CT molecular complexity index is 1100. The van der Waals surface area contributed by atoms with Crippen molar-refractivity contribution >= 4 is 27.1 Å². The number of hydrogen-bond acceptors (Lipinski definition) is 3. The molecule has 2 aromatic heterocycles. The Labute approximate surface area is 205 Å². The fraction of sp³-hybridized carbons (Fsp3) is 0.448. The number of rotatable bonds is 10. The molecule has 0 N–H and O–H groups in total. The van der Waals surface area contributed by atoms with Crippen molar-refractivity contribution in [1.29, 1.82) is 0 Å². The first kappa shape index (κ1) is 26.8. The minimum atomic E-state index is 0.978. The summed E-state index contributed by atoms with van der Waals surface area (Å²) in [5.41, 5.74) is 9.11. The van der Waals surface area contributed by atoms with Crippen molar-refractivity contribution < 1.29 is 0 Å². The molecule has 2 heterocycles. The van der Waals surface area contributed by atoms with Crippen LogP contribution in [0.5, 0.6) is 0 Å². The summed E-state index contributed by atoms with van der Waals surface area (Å²) in [5, 5.41) is 0. The van der Waals surface area contributed by atoms with E-state index < -0.39 is 0 Å². The van der Waals surface area contributed by atoms with Gasteiger partial charge in [-0.3, -0.25) is 0 Å². The monoisotopic (exact) mass is 463 g/mol. The first-order valence-electron chi connectivity index (χ1n) is 12.5. The average molecular weight is 464 g/mol. The highest BCUT2D eigenvalue weighted by molar-refractivity contribution is 7.16. The van der Waals surface area contributed by atoms with Crippen molar-refractivity contribution in [3.8, 4) is 11.3 Å². The number of hydrogen-bond donors (Lipinski definition) is 0. The lowest BCUT2D eigenvalue weighted by atomic mass is 10.0. The molecule has 33 heavy (non-hydrogen) atoms. The van der Waals surface area contributed by atoms with Crippen LogP contribution in [0, 0.1) is 6.92 Å². The Morgan fingerprint density at radius 3 is 2.61 bits per heavy atom. The molecule has 1 aromatic carbocycles. The molecule has 0 radical (unpaired) electrons. The van der Waals surface area contributed by atoms with Crippen LogP contribution in [0.1, 0.15) is 85.2 Å². The molecule has 0 bridgehead atoms. The summed E-state index contributed by atoms with van der Waals surface area (Å²) >= 11 is 1.70. The highest BCUT2D eigenvalue weighted by Gasteiger charge is 2.19. The SMILES string of the molecule is CC.CC\C=C(/C=C\C=C(/C)CCC)c1nc(C)n(CCCC)c1-c1ccc2ncsc2c1. The first-order chi connectivity index (χ1) is 16.1. The summed E-state index contributed by atoms with van der Waals surface area (Å²) in [6.45, 7) is 16.0. The van der Waals surface area contributed by atoms with E-state index in [1.54, 1.807) is 11.3 Å². The number of allylic oxidation sites excluding steroid dienone is 6. The first-order valence-corrected chi connectivity index (χ1v) is 13.4. The van der Waals surface area contributed by atoms with E-state index in [1.165, 1.54) is 39.9 Å². The van der Waals surface area contributed by atoms with Crippen molar-refractivity contribution in [2.75, 3.05) is 0 Å².